The maximum absolute atomic E-state index is 13.3. The van der Waals surface area contributed by atoms with Crippen molar-refractivity contribution < 1.29 is 14.3 Å². The minimum Gasteiger partial charge on any atom is -0.494 e. The van der Waals surface area contributed by atoms with Gasteiger partial charge in [0.1, 0.15) is 11.9 Å². The minimum absolute atomic E-state index is 0.0835. The summed E-state index contributed by atoms with van der Waals surface area (Å²) in [6, 6.07) is 15.8. The van der Waals surface area contributed by atoms with Crippen LogP contribution in [-0.2, 0) is 4.74 Å². The molecule has 1 atom stereocenters. The molecule has 0 saturated carbocycles. The summed E-state index contributed by atoms with van der Waals surface area (Å²) in [5.74, 6) is 0.929. The molecule has 0 bridgehead atoms. The third-order valence-electron chi connectivity index (χ3n) is 5.51. The van der Waals surface area contributed by atoms with E-state index in [1.165, 1.54) is 0 Å². The first kappa shape index (κ1) is 19.7. The highest BCUT2D eigenvalue weighted by Gasteiger charge is 2.32. The van der Waals surface area contributed by atoms with Crippen molar-refractivity contribution in [2.45, 2.75) is 19.5 Å². The number of benzene rings is 2. The highest BCUT2D eigenvalue weighted by molar-refractivity contribution is 6.01. The topological polar surface area (TPSA) is 54.0 Å². The van der Waals surface area contributed by atoms with Crippen molar-refractivity contribution in [3.05, 3.63) is 59.7 Å². The van der Waals surface area contributed by atoms with Crippen LogP contribution in [0.3, 0.4) is 0 Å². The lowest BCUT2D eigenvalue weighted by molar-refractivity contribution is 0.0348. The lowest BCUT2D eigenvalue weighted by Gasteiger charge is -2.38. The number of rotatable bonds is 7. The van der Waals surface area contributed by atoms with Crippen LogP contribution in [0, 0.1) is 0 Å². The molecule has 2 aromatic carbocycles. The lowest BCUT2D eigenvalue weighted by atomic mass is 10.0. The van der Waals surface area contributed by atoms with Gasteiger partial charge in [0.05, 0.1) is 25.4 Å². The molecule has 154 valence electrons. The van der Waals surface area contributed by atoms with Gasteiger partial charge in [0.25, 0.3) is 5.91 Å². The first-order chi connectivity index (χ1) is 14.3. The number of anilines is 1. The number of amides is 1. The molecule has 0 radical (unpaired) electrons. The second-order valence-corrected chi connectivity index (χ2v) is 7.40. The maximum Gasteiger partial charge on any atom is 0.257 e. The van der Waals surface area contributed by atoms with Crippen LogP contribution in [0.5, 0.6) is 5.75 Å². The van der Waals surface area contributed by atoms with E-state index in [1.807, 2.05) is 60.4 Å². The molecule has 2 aromatic rings. The number of nitrogens with zero attached hydrogens (tertiary/aromatic N) is 2. The Labute approximate surface area is 172 Å². The molecular formula is C23H29N3O3. The number of nitrogens with one attached hydrogen (secondary N) is 1. The van der Waals surface area contributed by atoms with Crippen molar-refractivity contribution in [1.29, 1.82) is 0 Å². The van der Waals surface area contributed by atoms with Gasteiger partial charge in [0.2, 0.25) is 0 Å². The van der Waals surface area contributed by atoms with E-state index in [9.17, 15) is 4.79 Å². The second kappa shape index (κ2) is 9.29. The van der Waals surface area contributed by atoms with Gasteiger partial charge in [0, 0.05) is 31.9 Å². The first-order valence-electron chi connectivity index (χ1n) is 10.5. The van der Waals surface area contributed by atoms with Gasteiger partial charge in [-0.05, 0) is 43.2 Å². The van der Waals surface area contributed by atoms with Crippen molar-refractivity contribution >= 4 is 11.6 Å². The molecule has 1 N–H and O–H groups in total. The predicted molar refractivity (Wildman–Crippen MR) is 113 cm³/mol. The first-order valence-corrected chi connectivity index (χ1v) is 10.5. The standard InChI is InChI=1S/C23H29N3O3/c1-2-29-19-10-8-18(9-11-19)22-24-21-7-4-3-6-20(21)23(27)26(22)13-5-12-25-14-16-28-17-15-25/h3-4,6-11,22,24H,2,5,12-17H2,1H3. The number of fused-ring (bicyclic) bond motifs is 1. The van der Waals surface area contributed by atoms with Crippen LogP contribution in [0.25, 0.3) is 0 Å². The molecule has 2 heterocycles. The Morgan fingerprint density at radius 2 is 1.83 bits per heavy atom. The number of hydrogen-bond donors (Lipinski definition) is 1. The van der Waals surface area contributed by atoms with Gasteiger partial charge in [-0.2, -0.15) is 0 Å². The average Bonchev–Trinajstić information content (AvgIpc) is 2.77. The molecular weight excluding hydrogens is 366 g/mol. The Hall–Kier alpha value is -2.57. The van der Waals surface area contributed by atoms with E-state index in [2.05, 4.69) is 10.2 Å². The van der Waals surface area contributed by atoms with E-state index < -0.39 is 0 Å². The summed E-state index contributed by atoms with van der Waals surface area (Å²) in [6.07, 6.45) is 0.751. The van der Waals surface area contributed by atoms with Crippen LogP contribution >= 0.6 is 0 Å². The number of carbonyl (C=O) groups excluding carboxylic acids is 1. The van der Waals surface area contributed by atoms with E-state index in [0.29, 0.717) is 13.2 Å². The van der Waals surface area contributed by atoms with Crippen LogP contribution in [0.15, 0.2) is 48.5 Å². The average molecular weight is 396 g/mol. The van der Waals surface area contributed by atoms with Gasteiger partial charge in [-0.1, -0.05) is 24.3 Å². The summed E-state index contributed by atoms with van der Waals surface area (Å²) in [6.45, 7) is 7.83. The maximum atomic E-state index is 13.3. The van der Waals surface area contributed by atoms with E-state index in [0.717, 1.165) is 61.8 Å². The Morgan fingerprint density at radius 3 is 2.59 bits per heavy atom. The summed E-state index contributed by atoms with van der Waals surface area (Å²) in [5, 5.41) is 3.56. The van der Waals surface area contributed by atoms with E-state index in [4.69, 9.17) is 9.47 Å². The zero-order chi connectivity index (χ0) is 20.1. The minimum atomic E-state index is -0.183. The monoisotopic (exact) mass is 395 g/mol. The molecule has 0 aliphatic carbocycles. The number of hydrogen-bond acceptors (Lipinski definition) is 5. The molecule has 4 rings (SSSR count). The second-order valence-electron chi connectivity index (χ2n) is 7.40. The molecule has 6 nitrogen and oxygen atoms in total. The third kappa shape index (κ3) is 4.54. The van der Waals surface area contributed by atoms with E-state index in [-0.39, 0.29) is 12.1 Å². The number of para-hydroxylation sites is 1. The zero-order valence-electron chi connectivity index (χ0n) is 17.0. The van der Waals surface area contributed by atoms with Crippen LogP contribution in [0.1, 0.15) is 35.4 Å². The quantitative estimate of drug-likeness (QED) is 0.779. The Kier molecular flexibility index (Phi) is 6.32. The Bertz CT molecular complexity index is 818. The largest absolute Gasteiger partial charge is 0.494 e. The van der Waals surface area contributed by atoms with Gasteiger partial charge in [-0.25, -0.2) is 0 Å². The molecule has 6 heteroatoms. The number of ether oxygens (including phenoxy) is 2. The highest BCUT2D eigenvalue weighted by Crippen LogP contribution is 2.33. The van der Waals surface area contributed by atoms with Gasteiger partial charge in [-0.15, -0.1) is 0 Å². The molecule has 29 heavy (non-hydrogen) atoms. The van der Waals surface area contributed by atoms with E-state index in [1.54, 1.807) is 0 Å². The molecule has 2 aliphatic rings. The molecule has 2 aliphatic heterocycles. The third-order valence-corrected chi connectivity index (χ3v) is 5.51. The van der Waals surface area contributed by atoms with Crippen molar-refractivity contribution in [3.8, 4) is 5.75 Å². The van der Waals surface area contributed by atoms with Gasteiger partial charge in [0.15, 0.2) is 0 Å². The zero-order valence-corrected chi connectivity index (χ0v) is 17.0. The fourth-order valence-corrected chi connectivity index (χ4v) is 3.99. The van der Waals surface area contributed by atoms with Crippen molar-refractivity contribution in [1.82, 2.24) is 9.80 Å². The smallest absolute Gasteiger partial charge is 0.257 e. The van der Waals surface area contributed by atoms with Crippen molar-refractivity contribution in [2.75, 3.05) is 51.3 Å². The van der Waals surface area contributed by atoms with Gasteiger partial charge in [-0.3, -0.25) is 9.69 Å². The fourth-order valence-electron chi connectivity index (χ4n) is 3.99. The molecule has 0 spiro atoms. The van der Waals surface area contributed by atoms with Crippen molar-refractivity contribution in [2.24, 2.45) is 0 Å². The molecule has 1 fully saturated rings. The summed E-state index contributed by atoms with van der Waals surface area (Å²) in [4.78, 5) is 17.6. The fraction of sp³-hybridized carbons (Fsp3) is 0.435. The van der Waals surface area contributed by atoms with Crippen LogP contribution in [-0.4, -0.2) is 61.7 Å². The normalized spacial score (nSPS) is 19.6. The van der Waals surface area contributed by atoms with Crippen LogP contribution in [0.2, 0.25) is 0 Å². The van der Waals surface area contributed by atoms with Crippen LogP contribution < -0.4 is 10.1 Å². The predicted octanol–water partition coefficient (Wildman–Crippen LogP) is 3.37. The molecule has 1 amide bonds. The molecule has 0 aromatic heterocycles. The molecule has 1 unspecified atom stereocenters. The molecule has 1 saturated heterocycles. The van der Waals surface area contributed by atoms with Gasteiger partial charge < -0.3 is 19.7 Å². The number of carbonyl (C=O) groups is 1. The summed E-state index contributed by atoms with van der Waals surface area (Å²) < 4.78 is 11.0. The highest BCUT2D eigenvalue weighted by atomic mass is 16.5. The number of morpholine rings is 1. The summed E-state index contributed by atoms with van der Waals surface area (Å²) in [7, 11) is 0. The lowest BCUT2D eigenvalue weighted by Crippen LogP contribution is -2.44. The van der Waals surface area contributed by atoms with Crippen molar-refractivity contribution in [3.63, 3.8) is 0 Å². The Balaban J connectivity index is 1.52. The summed E-state index contributed by atoms with van der Waals surface area (Å²) in [5.41, 5.74) is 2.68. The van der Waals surface area contributed by atoms with E-state index >= 15 is 0 Å². The summed E-state index contributed by atoms with van der Waals surface area (Å²) >= 11 is 0. The van der Waals surface area contributed by atoms with Crippen LogP contribution in [0.4, 0.5) is 5.69 Å². The Morgan fingerprint density at radius 1 is 1.07 bits per heavy atom. The van der Waals surface area contributed by atoms with Gasteiger partial charge >= 0.3 is 0 Å². The SMILES string of the molecule is CCOc1ccc(C2Nc3ccccc3C(=O)N2CCCN2CCOCC2)cc1.